The molecule has 2 amide bonds. The molecule has 43 heavy (non-hydrogen) atoms. The predicted octanol–water partition coefficient (Wildman–Crippen LogP) is 7.79. The van der Waals surface area contributed by atoms with Crippen LogP contribution in [0.3, 0.4) is 0 Å². The number of anilines is 2. The highest BCUT2D eigenvalue weighted by atomic mass is 35.5. The Morgan fingerprint density at radius 1 is 0.977 bits per heavy atom. The van der Waals surface area contributed by atoms with Gasteiger partial charge in [0.25, 0.3) is 0 Å². The fourth-order valence-electron chi connectivity index (χ4n) is 5.32. The van der Waals surface area contributed by atoms with Crippen LogP contribution in [0.5, 0.6) is 0 Å². The van der Waals surface area contributed by atoms with Crippen molar-refractivity contribution in [2.75, 3.05) is 23.7 Å². The molecule has 4 aromatic rings. The molecule has 1 saturated heterocycles. The number of nitrogens with zero attached hydrogens (tertiary/aromatic N) is 3. The van der Waals surface area contributed by atoms with Crippen LogP contribution in [0.2, 0.25) is 10.2 Å². The summed E-state index contributed by atoms with van der Waals surface area (Å²) in [6, 6.07) is 18.5. The summed E-state index contributed by atoms with van der Waals surface area (Å²) in [7, 11) is 0. The highest BCUT2D eigenvalue weighted by Crippen LogP contribution is 2.35. The number of urea groups is 1. The van der Waals surface area contributed by atoms with Crippen LogP contribution in [-0.2, 0) is 5.41 Å². The van der Waals surface area contributed by atoms with Crippen molar-refractivity contribution in [2.45, 2.75) is 51.9 Å². The van der Waals surface area contributed by atoms with Gasteiger partial charge in [0.05, 0.1) is 22.3 Å². The van der Waals surface area contributed by atoms with E-state index in [1.54, 1.807) is 10.7 Å². The fourth-order valence-corrected chi connectivity index (χ4v) is 5.59. The average molecular weight is 620 g/mol. The lowest BCUT2D eigenvalue weighted by Crippen LogP contribution is -2.33. The topological polar surface area (TPSA) is 101 Å². The van der Waals surface area contributed by atoms with Gasteiger partial charge in [-0.25, -0.2) is 14.5 Å². The number of piperidine rings is 1. The number of amides is 2. The quantitative estimate of drug-likeness (QED) is 0.145. The summed E-state index contributed by atoms with van der Waals surface area (Å²) >= 11 is 12.2. The van der Waals surface area contributed by atoms with Gasteiger partial charge in [0.2, 0.25) is 0 Å². The Balaban J connectivity index is 1.35. The van der Waals surface area contributed by atoms with Crippen molar-refractivity contribution in [3.8, 4) is 5.69 Å². The Bertz CT molecular complexity index is 1600. The number of pyridine rings is 1. The zero-order valence-corrected chi connectivity index (χ0v) is 26.3. The lowest BCUT2D eigenvalue weighted by molar-refractivity contribution is 0.0915. The minimum absolute atomic E-state index is 0.0459. The summed E-state index contributed by atoms with van der Waals surface area (Å²) in [6.45, 7) is 9.98. The number of halogens is 2. The summed E-state index contributed by atoms with van der Waals surface area (Å²) in [6.07, 6.45) is 3.23. The number of nitrogens with one attached hydrogen (secondary N) is 3. The molecular weight excluding hydrogens is 583 g/mol. The molecule has 2 aromatic heterocycles. The Morgan fingerprint density at radius 3 is 2.28 bits per heavy atom. The first-order valence-corrected chi connectivity index (χ1v) is 15.2. The largest absolute Gasteiger partial charge is 0.324 e. The lowest BCUT2D eigenvalue weighted by atomic mass is 9.76. The lowest BCUT2D eigenvalue weighted by Gasteiger charge is -2.30. The predicted molar refractivity (Wildman–Crippen MR) is 173 cm³/mol. The molecule has 2 aromatic carbocycles. The maximum absolute atomic E-state index is 13.8. The SMILES string of the molecule is Cc1ccc(-n2nc(C(C)(C)C)cc2NC(=O)Nc2ccc(C(C(=O)c3cnc(Cl)c(Cl)c3)C3CCNCC3)cc2)cc1. The van der Waals surface area contributed by atoms with Crippen molar-refractivity contribution < 1.29 is 9.59 Å². The van der Waals surface area contributed by atoms with Gasteiger partial charge in [0, 0.05) is 28.9 Å². The molecule has 1 fully saturated rings. The third-order valence-electron chi connectivity index (χ3n) is 7.74. The number of hydrogen-bond acceptors (Lipinski definition) is 5. The Morgan fingerprint density at radius 2 is 1.65 bits per heavy atom. The molecular formula is C33H36Cl2N6O2. The van der Waals surface area contributed by atoms with Crippen molar-refractivity contribution in [1.82, 2.24) is 20.1 Å². The molecule has 8 nitrogen and oxygen atoms in total. The van der Waals surface area contributed by atoms with E-state index < -0.39 is 6.03 Å². The Hall–Kier alpha value is -3.72. The van der Waals surface area contributed by atoms with Crippen molar-refractivity contribution >= 4 is 46.5 Å². The van der Waals surface area contributed by atoms with Gasteiger partial charge in [0.1, 0.15) is 11.0 Å². The second-order valence-corrected chi connectivity index (χ2v) is 12.8. The third-order valence-corrected chi connectivity index (χ3v) is 8.43. The molecule has 5 rings (SSSR count). The maximum atomic E-state index is 13.8. The highest BCUT2D eigenvalue weighted by Gasteiger charge is 2.32. The van der Waals surface area contributed by atoms with Crippen LogP contribution < -0.4 is 16.0 Å². The number of aromatic nitrogens is 3. The first-order chi connectivity index (χ1) is 20.5. The Kier molecular flexibility index (Phi) is 9.20. The molecule has 0 aliphatic carbocycles. The first kappa shape index (κ1) is 30.7. The van der Waals surface area contributed by atoms with Gasteiger partial charge in [-0.05, 0) is 74.7 Å². The minimum Gasteiger partial charge on any atom is -0.317 e. The van der Waals surface area contributed by atoms with E-state index in [2.05, 4.69) is 41.7 Å². The number of benzene rings is 2. The molecule has 3 heterocycles. The first-order valence-electron chi connectivity index (χ1n) is 14.4. The van der Waals surface area contributed by atoms with Gasteiger partial charge in [-0.1, -0.05) is 73.8 Å². The standard InChI is InChI=1S/C33H36Cl2N6O2/c1-20-5-11-25(12-6-20)41-28(18-27(40-41)33(2,3)4)39-32(43)38-24-9-7-21(8-10-24)29(22-13-15-36-16-14-22)30(42)23-17-26(34)31(35)37-19-23/h5-12,17-19,22,29,36H,13-16H2,1-4H3,(H2,38,39,43). The van der Waals surface area contributed by atoms with E-state index in [0.29, 0.717) is 17.1 Å². The van der Waals surface area contributed by atoms with Gasteiger partial charge in [-0.3, -0.25) is 10.1 Å². The van der Waals surface area contributed by atoms with Crippen LogP contribution in [0, 0.1) is 12.8 Å². The smallest absolute Gasteiger partial charge is 0.317 e. The summed E-state index contributed by atoms with van der Waals surface area (Å²) in [5, 5.41) is 14.5. The van der Waals surface area contributed by atoms with Crippen LogP contribution in [0.25, 0.3) is 5.69 Å². The number of carbonyl (C=O) groups is 2. The molecule has 1 aliphatic rings. The molecule has 1 atom stereocenters. The summed E-state index contributed by atoms with van der Waals surface area (Å²) < 4.78 is 1.75. The summed E-state index contributed by atoms with van der Waals surface area (Å²) in [5.41, 5.74) is 4.56. The van der Waals surface area contributed by atoms with Gasteiger partial charge in [0.15, 0.2) is 5.78 Å². The molecule has 1 unspecified atom stereocenters. The maximum Gasteiger partial charge on any atom is 0.324 e. The summed E-state index contributed by atoms with van der Waals surface area (Å²) in [4.78, 5) is 31.0. The highest BCUT2D eigenvalue weighted by molar-refractivity contribution is 6.41. The zero-order chi connectivity index (χ0) is 30.7. The molecule has 0 radical (unpaired) electrons. The molecule has 10 heteroatoms. The molecule has 0 spiro atoms. The molecule has 0 bridgehead atoms. The normalized spacial score (nSPS) is 14.7. The minimum atomic E-state index is -0.394. The van der Waals surface area contributed by atoms with E-state index in [1.807, 2.05) is 61.5 Å². The second-order valence-electron chi connectivity index (χ2n) is 12.0. The van der Waals surface area contributed by atoms with E-state index in [1.165, 1.54) is 6.20 Å². The second kappa shape index (κ2) is 12.9. The number of aryl methyl sites for hydroxylation is 1. The van der Waals surface area contributed by atoms with E-state index in [9.17, 15) is 9.59 Å². The third kappa shape index (κ3) is 7.26. The van der Waals surface area contributed by atoms with Crippen LogP contribution in [-0.4, -0.2) is 39.7 Å². The van der Waals surface area contributed by atoms with Crippen molar-refractivity contribution in [2.24, 2.45) is 5.92 Å². The van der Waals surface area contributed by atoms with Crippen LogP contribution in [0.15, 0.2) is 66.9 Å². The van der Waals surface area contributed by atoms with E-state index >= 15 is 0 Å². The average Bonchev–Trinajstić information content (AvgIpc) is 3.40. The molecule has 224 valence electrons. The molecule has 1 aliphatic heterocycles. The van der Waals surface area contributed by atoms with E-state index in [4.69, 9.17) is 28.3 Å². The fraction of sp³-hybridized carbons (Fsp3) is 0.333. The number of ketones is 1. The van der Waals surface area contributed by atoms with Gasteiger partial charge >= 0.3 is 6.03 Å². The van der Waals surface area contributed by atoms with Crippen LogP contribution in [0.4, 0.5) is 16.3 Å². The van der Waals surface area contributed by atoms with E-state index in [-0.39, 0.29) is 33.2 Å². The van der Waals surface area contributed by atoms with Gasteiger partial charge < -0.3 is 10.6 Å². The van der Waals surface area contributed by atoms with Crippen LogP contribution in [0.1, 0.15) is 66.7 Å². The van der Waals surface area contributed by atoms with Crippen LogP contribution >= 0.6 is 23.2 Å². The zero-order valence-electron chi connectivity index (χ0n) is 24.7. The number of Topliss-reactive ketones (excluding diaryl/α,β-unsaturated/α-hetero) is 1. The Labute approximate surface area is 262 Å². The number of carbonyl (C=O) groups excluding carboxylic acids is 2. The number of rotatable bonds is 7. The monoisotopic (exact) mass is 618 g/mol. The van der Waals surface area contributed by atoms with Gasteiger partial charge in [-0.2, -0.15) is 5.10 Å². The van der Waals surface area contributed by atoms with Crippen molar-refractivity contribution in [1.29, 1.82) is 0 Å². The van der Waals surface area contributed by atoms with Gasteiger partial charge in [-0.15, -0.1) is 0 Å². The summed E-state index contributed by atoms with van der Waals surface area (Å²) in [5.74, 6) is 0.304. The molecule has 3 N–H and O–H groups in total. The molecule has 0 saturated carbocycles. The van der Waals surface area contributed by atoms with Crippen molar-refractivity contribution in [3.05, 3.63) is 99.4 Å². The van der Waals surface area contributed by atoms with Crippen molar-refractivity contribution in [3.63, 3.8) is 0 Å². The number of hydrogen-bond donors (Lipinski definition) is 3. The van der Waals surface area contributed by atoms with E-state index in [0.717, 1.165) is 48.4 Å².